The summed E-state index contributed by atoms with van der Waals surface area (Å²) in [6.45, 7) is 4.07. The molecule has 0 amide bonds. The van der Waals surface area contributed by atoms with Gasteiger partial charge in [0.25, 0.3) is 5.56 Å². The van der Waals surface area contributed by atoms with Crippen molar-refractivity contribution in [1.82, 2.24) is 9.38 Å². The second-order valence-corrected chi connectivity index (χ2v) is 6.49. The first-order valence-electron chi connectivity index (χ1n) is 7.24. The number of aryl methyl sites for hydroxylation is 2. The van der Waals surface area contributed by atoms with Gasteiger partial charge in [0.1, 0.15) is 5.65 Å². The Morgan fingerprint density at radius 3 is 2.73 bits per heavy atom. The topological polar surface area (TPSA) is 34.4 Å². The van der Waals surface area contributed by atoms with Crippen molar-refractivity contribution < 1.29 is 0 Å². The Morgan fingerprint density at radius 2 is 1.91 bits per heavy atom. The third-order valence-electron chi connectivity index (χ3n) is 3.46. The van der Waals surface area contributed by atoms with Crippen LogP contribution in [-0.4, -0.2) is 9.38 Å². The molecule has 0 saturated heterocycles. The number of nitrogens with zero attached hydrogens (tertiary/aromatic N) is 2. The molecule has 0 aliphatic carbocycles. The molecule has 3 rings (SSSR count). The van der Waals surface area contributed by atoms with E-state index in [9.17, 15) is 4.79 Å². The fourth-order valence-electron chi connectivity index (χ4n) is 2.41. The number of thioether (sulfide) groups is 1. The van der Waals surface area contributed by atoms with Crippen LogP contribution in [0.5, 0.6) is 0 Å². The van der Waals surface area contributed by atoms with Crippen molar-refractivity contribution in [2.45, 2.75) is 25.4 Å². The normalized spacial score (nSPS) is 11.0. The predicted molar refractivity (Wildman–Crippen MR) is 92.4 cm³/mol. The van der Waals surface area contributed by atoms with E-state index < -0.39 is 0 Å². The maximum absolute atomic E-state index is 12.1. The smallest absolute Gasteiger partial charge is 0.258 e. The van der Waals surface area contributed by atoms with Crippen LogP contribution in [0, 0.1) is 13.8 Å². The van der Waals surface area contributed by atoms with Crippen LogP contribution in [0.4, 0.5) is 0 Å². The third kappa shape index (κ3) is 3.39. The molecule has 0 aliphatic heterocycles. The van der Waals surface area contributed by atoms with Gasteiger partial charge in [0.15, 0.2) is 0 Å². The van der Waals surface area contributed by atoms with Gasteiger partial charge in [0, 0.05) is 23.8 Å². The monoisotopic (exact) mass is 310 g/mol. The minimum atomic E-state index is -0.0140. The van der Waals surface area contributed by atoms with E-state index in [1.807, 2.05) is 25.3 Å². The first kappa shape index (κ1) is 14.9. The molecule has 22 heavy (non-hydrogen) atoms. The zero-order valence-electron chi connectivity index (χ0n) is 12.7. The highest BCUT2D eigenvalue weighted by Crippen LogP contribution is 2.17. The van der Waals surface area contributed by atoms with E-state index in [1.165, 1.54) is 11.1 Å². The number of fused-ring (bicyclic) bond motifs is 1. The van der Waals surface area contributed by atoms with Crippen LogP contribution in [0.3, 0.4) is 0 Å². The van der Waals surface area contributed by atoms with Gasteiger partial charge in [-0.2, -0.15) is 11.8 Å². The fraction of sp³-hybridized carbons (Fsp3) is 0.222. The molecule has 2 heterocycles. The maximum Gasteiger partial charge on any atom is 0.258 e. The van der Waals surface area contributed by atoms with Crippen LogP contribution in [0.25, 0.3) is 5.65 Å². The molecular formula is C18H18N2OS. The molecule has 1 aromatic carbocycles. The van der Waals surface area contributed by atoms with E-state index in [-0.39, 0.29) is 5.56 Å². The molecule has 112 valence electrons. The highest BCUT2D eigenvalue weighted by Gasteiger charge is 2.03. The van der Waals surface area contributed by atoms with Crippen molar-refractivity contribution in [2.24, 2.45) is 0 Å². The van der Waals surface area contributed by atoms with Gasteiger partial charge < -0.3 is 0 Å². The summed E-state index contributed by atoms with van der Waals surface area (Å²) in [5, 5.41) is 0. The van der Waals surface area contributed by atoms with E-state index in [2.05, 4.69) is 36.2 Å². The lowest BCUT2D eigenvalue weighted by molar-refractivity contribution is 1.00. The SMILES string of the molecule is Cc1cccc(CSCc2cc(=O)n3cc(C)ccc3n2)c1. The van der Waals surface area contributed by atoms with E-state index in [4.69, 9.17) is 0 Å². The largest absolute Gasteiger partial charge is 0.269 e. The third-order valence-corrected chi connectivity index (χ3v) is 4.50. The molecule has 4 heteroatoms. The molecule has 0 saturated carbocycles. The number of benzene rings is 1. The maximum atomic E-state index is 12.1. The van der Waals surface area contributed by atoms with Crippen molar-refractivity contribution in [3.8, 4) is 0 Å². The summed E-state index contributed by atoms with van der Waals surface area (Å²) >= 11 is 1.78. The molecule has 0 bridgehead atoms. The lowest BCUT2D eigenvalue weighted by Gasteiger charge is -2.05. The number of rotatable bonds is 4. The number of pyridine rings is 1. The molecule has 0 N–H and O–H groups in total. The van der Waals surface area contributed by atoms with Crippen molar-refractivity contribution in [1.29, 1.82) is 0 Å². The quantitative estimate of drug-likeness (QED) is 0.736. The van der Waals surface area contributed by atoms with Crippen LogP contribution < -0.4 is 5.56 Å². The van der Waals surface area contributed by atoms with Crippen LogP contribution in [0.2, 0.25) is 0 Å². The Kier molecular flexibility index (Phi) is 4.29. The molecule has 3 aromatic rings. The van der Waals surface area contributed by atoms with Gasteiger partial charge >= 0.3 is 0 Å². The van der Waals surface area contributed by atoms with Crippen molar-refractivity contribution >= 4 is 17.4 Å². The van der Waals surface area contributed by atoms with Gasteiger partial charge in [-0.05, 0) is 31.0 Å². The zero-order chi connectivity index (χ0) is 15.5. The molecule has 0 unspecified atom stereocenters. The van der Waals surface area contributed by atoms with Gasteiger partial charge in [-0.25, -0.2) is 4.98 Å². The lowest BCUT2D eigenvalue weighted by atomic mass is 10.2. The van der Waals surface area contributed by atoms with Crippen LogP contribution in [0.1, 0.15) is 22.4 Å². The Hall–Kier alpha value is -2.07. The van der Waals surface area contributed by atoms with E-state index in [0.717, 1.165) is 22.8 Å². The van der Waals surface area contributed by atoms with Crippen LogP contribution in [0.15, 0.2) is 53.5 Å². The fourth-order valence-corrected chi connectivity index (χ4v) is 3.28. The van der Waals surface area contributed by atoms with Crippen molar-refractivity contribution in [3.63, 3.8) is 0 Å². The Morgan fingerprint density at radius 1 is 1.05 bits per heavy atom. The van der Waals surface area contributed by atoms with E-state index >= 15 is 0 Å². The lowest BCUT2D eigenvalue weighted by Crippen LogP contribution is -2.15. The number of hydrogen-bond acceptors (Lipinski definition) is 3. The zero-order valence-corrected chi connectivity index (χ0v) is 13.6. The minimum Gasteiger partial charge on any atom is -0.269 e. The average Bonchev–Trinajstić information content (AvgIpc) is 2.48. The Labute approximate surface area is 134 Å². The van der Waals surface area contributed by atoms with Crippen LogP contribution in [-0.2, 0) is 11.5 Å². The summed E-state index contributed by atoms with van der Waals surface area (Å²) < 4.78 is 1.60. The van der Waals surface area contributed by atoms with E-state index in [0.29, 0.717) is 5.65 Å². The second kappa shape index (κ2) is 6.36. The van der Waals surface area contributed by atoms with Crippen molar-refractivity contribution in [2.75, 3.05) is 0 Å². The first-order valence-corrected chi connectivity index (χ1v) is 8.39. The highest BCUT2D eigenvalue weighted by atomic mass is 32.2. The van der Waals surface area contributed by atoms with Crippen LogP contribution >= 0.6 is 11.8 Å². The first-order chi connectivity index (χ1) is 10.6. The summed E-state index contributed by atoms with van der Waals surface area (Å²) in [6, 6.07) is 14.0. The standard InChI is InChI=1S/C18H18N2OS/c1-13-4-3-5-15(8-13)11-22-12-16-9-18(21)20-10-14(2)6-7-17(20)19-16/h3-10H,11-12H2,1-2H3. The molecule has 2 aromatic heterocycles. The van der Waals surface area contributed by atoms with Gasteiger partial charge in [0.05, 0.1) is 5.69 Å². The van der Waals surface area contributed by atoms with Crippen molar-refractivity contribution in [3.05, 3.63) is 81.4 Å². The average molecular weight is 310 g/mol. The van der Waals surface area contributed by atoms with E-state index in [1.54, 1.807) is 22.2 Å². The summed E-state index contributed by atoms with van der Waals surface area (Å²) in [7, 11) is 0. The van der Waals surface area contributed by atoms with Gasteiger partial charge in [-0.3, -0.25) is 9.20 Å². The minimum absolute atomic E-state index is 0.0140. The molecule has 0 atom stereocenters. The highest BCUT2D eigenvalue weighted by molar-refractivity contribution is 7.97. The summed E-state index contributed by atoms with van der Waals surface area (Å²) in [6.07, 6.45) is 1.83. The summed E-state index contributed by atoms with van der Waals surface area (Å²) in [5.74, 6) is 1.67. The summed E-state index contributed by atoms with van der Waals surface area (Å²) in [4.78, 5) is 16.7. The number of hydrogen-bond donors (Lipinski definition) is 0. The molecule has 0 spiro atoms. The Balaban J connectivity index is 1.74. The predicted octanol–water partition coefficient (Wildman–Crippen LogP) is 3.74. The van der Waals surface area contributed by atoms with Gasteiger partial charge in [-0.15, -0.1) is 0 Å². The molecular weight excluding hydrogens is 292 g/mol. The van der Waals surface area contributed by atoms with Gasteiger partial charge in [-0.1, -0.05) is 35.9 Å². The second-order valence-electron chi connectivity index (χ2n) is 5.50. The molecule has 0 aliphatic rings. The number of aromatic nitrogens is 2. The summed E-state index contributed by atoms with van der Waals surface area (Å²) in [5.41, 5.74) is 5.17. The Bertz CT molecular complexity index is 870. The molecule has 0 radical (unpaired) electrons. The molecule has 0 fully saturated rings. The van der Waals surface area contributed by atoms with Gasteiger partial charge in [0.2, 0.25) is 0 Å². The molecule has 3 nitrogen and oxygen atoms in total.